The normalized spacial score (nSPS) is 23.0. The second kappa shape index (κ2) is 6.06. The number of aliphatic hydroxyl groups is 1. The van der Waals surface area contributed by atoms with E-state index in [9.17, 15) is 9.90 Å². The molecule has 1 fully saturated rings. The van der Waals surface area contributed by atoms with Crippen LogP contribution in [0.3, 0.4) is 0 Å². The number of benzene rings is 1. The van der Waals surface area contributed by atoms with Gasteiger partial charge in [0.1, 0.15) is 5.60 Å². The van der Waals surface area contributed by atoms with E-state index >= 15 is 0 Å². The number of rotatable bonds is 1. The van der Waals surface area contributed by atoms with Crippen molar-refractivity contribution < 1.29 is 14.6 Å². The van der Waals surface area contributed by atoms with Crippen molar-refractivity contribution in [2.24, 2.45) is 0 Å². The SMILES string of the molecule is Cc1ccc(C2CCN(C(=O)OC(C)(C)C)CC2O)cc1. The number of aryl methyl sites for hydroxylation is 1. The molecular formula is C17H25NO3. The smallest absolute Gasteiger partial charge is 0.410 e. The van der Waals surface area contributed by atoms with E-state index in [-0.39, 0.29) is 12.0 Å². The number of amides is 1. The molecule has 0 aliphatic carbocycles. The van der Waals surface area contributed by atoms with Crippen molar-refractivity contribution in [3.05, 3.63) is 35.4 Å². The van der Waals surface area contributed by atoms with Crippen LogP contribution >= 0.6 is 0 Å². The number of aliphatic hydroxyl groups excluding tert-OH is 1. The molecule has 4 heteroatoms. The van der Waals surface area contributed by atoms with Gasteiger partial charge in [0.25, 0.3) is 0 Å². The minimum atomic E-state index is -0.547. The molecular weight excluding hydrogens is 266 g/mol. The lowest BCUT2D eigenvalue weighted by Gasteiger charge is -2.36. The van der Waals surface area contributed by atoms with Crippen LogP contribution in [0.2, 0.25) is 0 Å². The molecule has 0 aromatic heterocycles. The minimum Gasteiger partial charge on any atom is -0.444 e. The van der Waals surface area contributed by atoms with E-state index in [1.807, 2.05) is 27.7 Å². The standard InChI is InChI=1S/C17H25NO3/c1-12-5-7-13(8-6-12)14-9-10-18(11-15(14)19)16(20)21-17(2,3)4/h5-8,14-15,19H,9-11H2,1-4H3. The number of nitrogens with zero attached hydrogens (tertiary/aromatic N) is 1. The van der Waals surface area contributed by atoms with E-state index in [1.165, 1.54) is 5.56 Å². The predicted molar refractivity (Wildman–Crippen MR) is 82.4 cm³/mol. The van der Waals surface area contributed by atoms with E-state index in [1.54, 1.807) is 4.90 Å². The maximum absolute atomic E-state index is 12.0. The molecule has 116 valence electrons. The van der Waals surface area contributed by atoms with Crippen molar-refractivity contribution >= 4 is 6.09 Å². The fourth-order valence-electron chi connectivity index (χ4n) is 2.63. The number of piperidine rings is 1. The summed E-state index contributed by atoms with van der Waals surface area (Å²) in [5, 5.41) is 10.4. The number of likely N-dealkylation sites (tertiary alicyclic amines) is 1. The van der Waals surface area contributed by atoms with Crippen LogP contribution in [0.15, 0.2) is 24.3 Å². The molecule has 1 aromatic carbocycles. The highest BCUT2D eigenvalue weighted by Crippen LogP contribution is 2.29. The van der Waals surface area contributed by atoms with Gasteiger partial charge in [-0.05, 0) is 39.7 Å². The molecule has 1 aromatic rings. The van der Waals surface area contributed by atoms with Crippen LogP contribution in [0.4, 0.5) is 4.79 Å². The molecule has 1 heterocycles. The van der Waals surface area contributed by atoms with Crippen LogP contribution in [0.25, 0.3) is 0 Å². The van der Waals surface area contributed by atoms with Gasteiger partial charge in [-0.15, -0.1) is 0 Å². The summed E-state index contributed by atoms with van der Waals surface area (Å²) in [5.74, 6) is 0.0873. The first-order chi connectivity index (χ1) is 9.76. The van der Waals surface area contributed by atoms with Gasteiger partial charge in [0.15, 0.2) is 0 Å². The van der Waals surface area contributed by atoms with Crippen molar-refractivity contribution in [2.45, 2.75) is 51.7 Å². The molecule has 2 rings (SSSR count). The van der Waals surface area contributed by atoms with E-state index in [2.05, 4.69) is 24.3 Å². The maximum atomic E-state index is 12.0. The first kappa shape index (κ1) is 15.8. The molecule has 0 spiro atoms. The van der Waals surface area contributed by atoms with E-state index in [0.29, 0.717) is 13.1 Å². The van der Waals surface area contributed by atoms with E-state index in [0.717, 1.165) is 12.0 Å². The number of carbonyl (C=O) groups is 1. The van der Waals surface area contributed by atoms with Crippen molar-refractivity contribution in [3.63, 3.8) is 0 Å². The summed E-state index contributed by atoms with van der Waals surface area (Å²) in [4.78, 5) is 13.6. The number of carbonyl (C=O) groups excluding carboxylic acids is 1. The van der Waals surface area contributed by atoms with Crippen molar-refractivity contribution in [2.75, 3.05) is 13.1 Å². The summed E-state index contributed by atoms with van der Waals surface area (Å²) in [5.41, 5.74) is 1.84. The Kier molecular flexibility index (Phi) is 4.57. The average Bonchev–Trinajstić information content (AvgIpc) is 2.38. The van der Waals surface area contributed by atoms with Crippen LogP contribution in [-0.2, 0) is 4.74 Å². The summed E-state index contributed by atoms with van der Waals surface area (Å²) in [6, 6.07) is 8.24. The quantitative estimate of drug-likeness (QED) is 0.865. The highest BCUT2D eigenvalue weighted by molar-refractivity contribution is 5.68. The molecule has 0 saturated carbocycles. The first-order valence-corrected chi connectivity index (χ1v) is 7.49. The molecule has 1 aliphatic rings. The van der Waals surface area contributed by atoms with Gasteiger partial charge < -0.3 is 14.7 Å². The Balaban J connectivity index is 1.99. The first-order valence-electron chi connectivity index (χ1n) is 7.49. The summed E-state index contributed by atoms with van der Waals surface area (Å²) in [6.45, 7) is 8.53. The number of hydrogen-bond acceptors (Lipinski definition) is 3. The Morgan fingerprint density at radius 2 is 1.90 bits per heavy atom. The minimum absolute atomic E-state index is 0.0873. The van der Waals surface area contributed by atoms with Gasteiger partial charge in [-0.25, -0.2) is 4.79 Å². The Morgan fingerprint density at radius 3 is 2.43 bits per heavy atom. The second-order valence-electron chi connectivity index (χ2n) is 6.80. The van der Waals surface area contributed by atoms with Crippen LogP contribution in [-0.4, -0.2) is 40.9 Å². The highest BCUT2D eigenvalue weighted by Gasteiger charge is 2.33. The van der Waals surface area contributed by atoms with Crippen LogP contribution in [0.1, 0.15) is 44.2 Å². The van der Waals surface area contributed by atoms with Crippen LogP contribution < -0.4 is 0 Å². The lowest BCUT2D eigenvalue weighted by molar-refractivity contribution is -0.00151. The average molecular weight is 291 g/mol. The zero-order valence-electron chi connectivity index (χ0n) is 13.3. The van der Waals surface area contributed by atoms with Crippen molar-refractivity contribution in [1.29, 1.82) is 0 Å². The molecule has 0 bridgehead atoms. The second-order valence-corrected chi connectivity index (χ2v) is 6.80. The summed E-state index contributed by atoms with van der Waals surface area (Å²) >= 11 is 0. The highest BCUT2D eigenvalue weighted by atomic mass is 16.6. The van der Waals surface area contributed by atoms with Gasteiger partial charge >= 0.3 is 6.09 Å². The number of hydrogen-bond donors (Lipinski definition) is 1. The molecule has 1 saturated heterocycles. The zero-order chi connectivity index (χ0) is 15.6. The lowest BCUT2D eigenvalue weighted by Crippen LogP contribution is -2.47. The van der Waals surface area contributed by atoms with Gasteiger partial charge in [0, 0.05) is 12.5 Å². The Labute approximate surface area is 126 Å². The fraction of sp³-hybridized carbons (Fsp3) is 0.588. The van der Waals surface area contributed by atoms with Crippen molar-refractivity contribution in [3.8, 4) is 0 Å². The third-order valence-corrected chi connectivity index (χ3v) is 3.74. The summed E-state index contributed by atoms with van der Waals surface area (Å²) in [7, 11) is 0. The Hall–Kier alpha value is -1.55. The molecule has 0 radical (unpaired) electrons. The van der Waals surface area contributed by atoms with Gasteiger partial charge in [-0.1, -0.05) is 29.8 Å². The van der Waals surface area contributed by atoms with Crippen molar-refractivity contribution in [1.82, 2.24) is 4.90 Å². The largest absolute Gasteiger partial charge is 0.444 e. The molecule has 1 amide bonds. The summed E-state index contributed by atoms with van der Waals surface area (Å²) in [6.07, 6.45) is -0.137. The van der Waals surface area contributed by atoms with E-state index in [4.69, 9.17) is 4.74 Å². The topological polar surface area (TPSA) is 49.8 Å². The monoisotopic (exact) mass is 291 g/mol. The predicted octanol–water partition coefficient (Wildman–Crippen LogP) is 3.08. The molecule has 2 atom stereocenters. The van der Waals surface area contributed by atoms with E-state index < -0.39 is 11.7 Å². The summed E-state index contributed by atoms with van der Waals surface area (Å²) < 4.78 is 5.36. The zero-order valence-corrected chi connectivity index (χ0v) is 13.3. The third kappa shape index (κ3) is 4.21. The molecule has 2 unspecified atom stereocenters. The Bertz CT molecular complexity index is 490. The molecule has 1 aliphatic heterocycles. The molecule has 4 nitrogen and oxygen atoms in total. The van der Waals surface area contributed by atoms with Gasteiger partial charge in [0.2, 0.25) is 0 Å². The fourth-order valence-corrected chi connectivity index (χ4v) is 2.63. The number of β-amino-alcohol motifs (C(OH)–C–C–N with tert-alkyl or cyclic N) is 1. The lowest BCUT2D eigenvalue weighted by atomic mass is 9.87. The van der Waals surface area contributed by atoms with Crippen LogP contribution in [0, 0.1) is 6.92 Å². The molecule has 21 heavy (non-hydrogen) atoms. The Morgan fingerprint density at radius 1 is 1.29 bits per heavy atom. The number of ether oxygens (including phenoxy) is 1. The third-order valence-electron chi connectivity index (χ3n) is 3.74. The van der Waals surface area contributed by atoms with Crippen LogP contribution in [0.5, 0.6) is 0 Å². The molecule has 1 N–H and O–H groups in total. The van der Waals surface area contributed by atoms with Gasteiger partial charge in [-0.2, -0.15) is 0 Å². The maximum Gasteiger partial charge on any atom is 0.410 e. The van der Waals surface area contributed by atoms with Gasteiger partial charge in [0.05, 0.1) is 12.6 Å². The van der Waals surface area contributed by atoms with Gasteiger partial charge in [-0.3, -0.25) is 0 Å².